The average Bonchev–Trinajstić information content (AvgIpc) is 3.29. The Hall–Kier alpha value is -7.54. The van der Waals surface area contributed by atoms with Gasteiger partial charge >= 0.3 is 0 Å². The Kier molecular flexibility index (Phi) is 7.33. The maximum absolute atomic E-state index is 2.40. The molecule has 0 nitrogen and oxygen atoms in total. The monoisotopic (exact) mass is 732 g/mol. The van der Waals surface area contributed by atoms with Crippen molar-refractivity contribution in [1.29, 1.82) is 0 Å². The molecule has 12 rings (SSSR count). The molecular weight excluding hydrogens is 697 g/mol. The van der Waals surface area contributed by atoms with Gasteiger partial charge in [0.05, 0.1) is 0 Å². The summed E-state index contributed by atoms with van der Waals surface area (Å²) in [5.74, 6) is 0. The lowest BCUT2D eigenvalue weighted by Crippen LogP contribution is -1.91. The van der Waals surface area contributed by atoms with Crippen LogP contribution in [0, 0.1) is 0 Å². The zero-order valence-corrected chi connectivity index (χ0v) is 31.8. The smallest absolute Gasteiger partial charge is 0.00262 e. The fraction of sp³-hybridized carbons (Fsp3) is 0. The molecule has 0 radical (unpaired) electrons. The first-order valence-electron chi connectivity index (χ1n) is 20.2. The minimum atomic E-state index is 1.24. The molecule has 12 aromatic rings. The van der Waals surface area contributed by atoms with E-state index in [1.54, 1.807) is 0 Å². The normalized spacial score (nSPS) is 11.8. The van der Waals surface area contributed by atoms with E-state index in [2.05, 4.69) is 218 Å². The minimum absolute atomic E-state index is 1.24. The van der Waals surface area contributed by atoms with E-state index in [0.717, 1.165) is 0 Å². The highest BCUT2D eigenvalue weighted by molar-refractivity contribution is 6.25. The zero-order chi connectivity index (χ0) is 38.2. The highest BCUT2D eigenvalue weighted by atomic mass is 14.2. The third-order valence-corrected chi connectivity index (χ3v) is 12.4. The van der Waals surface area contributed by atoms with Gasteiger partial charge in [-0.3, -0.25) is 0 Å². The largest absolute Gasteiger partial charge is 0.0622 e. The van der Waals surface area contributed by atoms with Crippen molar-refractivity contribution >= 4 is 75.4 Å². The summed E-state index contributed by atoms with van der Waals surface area (Å²) in [5.41, 5.74) is 10.1. The van der Waals surface area contributed by atoms with Crippen LogP contribution in [-0.2, 0) is 0 Å². The van der Waals surface area contributed by atoms with Crippen molar-refractivity contribution in [1.82, 2.24) is 0 Å². The minimum Gasteiger partial charge on any atom is -0.0622 e. The van der Waals surface area contributed by atoms with Gasteiger partial charge < -0.3 is 0 Å². The van der Waals surface area contributed by atoms with E-state index < -0.39 is 0 Å². The van der Waals surface area contributed by atoms with Crippen molar-refractivity contribution in [3.63, 3.8) is 0 Å². The van der Waals surface area contributed by atoms with Crippen molar-refractivity contribution in [2.24, 2.45) is 0 Å². The fourth-order valence-corrected chi connectivity index (χ4v) is 9.91. The first kappa shape index (κ1) is 32.7. The fourth-order valence-electron chi connectivity index (χ4n) is 9.91. The van der Waals surface area contributed by atoms with E-state index in [4.69, 9.17) is 0 Å². The molecule has 0 aliphatic rings. The van der Waals surface area contributed by atoms with Crippen molar-refractivity contribution in [3.05, 3.63) is 218 Å². The number of hydrogen-bond acceptors (Lipinski definition) is 0. The van der Waals surface area contributed by atoms with Crippen LogP contribution in [-0.4, -0.2) is 0 Å². The first-order valence-corrected chi connectivity index (χ1v) is 20.2. The van der Waals surface area contributed by atoms with E-state index in [9.17, 15) is 0 Å². The number of rotatable bonds is 4. The van der Waals surface area contributed by atoms with E-state index in [-0.39, 0.29) is 0 Å². The summed E-state index contributed by atoms with van der Waals surface area (Å²) in [4.78, 5) is 0. The van der Waals surface area contributed by atoms with Crippen molar-refractivity contribution in [2.45, 2.75) is 0 Å². The van der Waals surface area contributed by atoms with Gasteiger partial charge in [0.1, 0.15) is 0 Å². The van der Waals surface area contributed by atoms with Crippen LogP contribution in [0.15, 0.2) is 218 Å². The molecule has 0 atom stereocenters. The molecule has 0 aliphatic heterocycles. The van der Waals surface area contributed by atoms with Crippen molar-refractivity contribution in [3.8, 4) is 44.5 Å². The molecule has 0 spiro atoms. The highest BCUT2D eigenvalue weighted by Crippen LogP contribution is 2.46. The molecule has 0 saturated heterocycles. The van der Waals surface area contributed by atoms with Gasteiger partial charge in [-0.1, -0.05) is 206 Å². The van der Waals surface area contributed by atoms with Gasteiger partial charge in [0.25, 0.3) is 0 Å². The predicted molar refractivity (Wildman–Crippen MR) is 251 cm³/mol. The van der Waals surface area contributed by atoms with Crippen molar-refractivity contribution < 1.29 is 0 Å². The summed E-state index contributed by atoms with van der Waals surface area (Å²) in [7, 11) is 0. The van der Waals surface area contributed by atoms with Crippen LogP contribution >= 0.6 is 0 Å². The molecule has 12 aromatic carbocycles. The highest BCUT2D eigenvalue weighted by Gasteiger charge is 2.19. The molecule has 0 heterocycles. The lowest BCUT2D eigenvalue weighted by atomic mass is 9.85. The molecule has 0 saturated carbocycles. The summed E-state index contributed by atoms with van der Waals surface area (Å²) in [5, 5.41) is 17.8. The third-order valence-electron chi connectivity index (χ3n) is 12.4. The van der Waals surface area contributed by atoms with Crippen LogP contribution in [0.4, 0.5) is 0 Å². The van der Waals surface area contributed by atoms with Crippen LogP contribution in [0.1, 0.15) is 0 Å². The van der Waals surface area contributed by atoms with Gasteiger partial charge in [0.2, 0.25) is 0 Å². The van der Waals surface area contributed by atoms with Crippen LogP contribution in [0.5, 0.6) is 0 Å². The lowest BCUT2D eigenvalue weighted by molar-refractivity contribution is 1.66. The summed E-state index contributed by atoms with van der Waals surface area (Å²) in [6.07, 6.45) is 0. The molecule has 58 heavy (non-hydrogen) atoms. The van der Waals surface area contributed by atoms with E-state index in [1.165, 1.54) is 120 Å². The summed E-state index contributed by atoms with van der Waals surface area (Å²) >= 11 is 0. The van der Waals surface area contributed by atoms with Gasteiger partial charge in [-0.25, -0.2) is 0 Å². The van der Waals surface area contributed by atoms with Gasteiger partial charge in [-0.05, 0) is 132 Å². The number of hydrogen-bond donors (Lipinski definition) is 0. The molecule has 0 fully saturated rings. The second kappa shape index (κ2) is 13.0. The predicted octanol–water partition coefficient (Wildman–Crippen LogP) is 16.4. The quantitative estimate of drug-likeness (QED) is 0.125. The summed E-state index contributed by atoms with van der Waals surface area (Å²) in [6.45, 7) is 0. The standard InChI is InChI=1S/C58H36/c1-3-15-37(16-4-1)55-47-19-7-11-23-51(47)57(52-24-12-8-20-48(52)55)41-29-31-43-39(35-41)27-33-46-44-32-30-42(36-40(44)28-34-45(43)46)58-53-25-13-9-21-49(53)56(38-17-5-2-6-18-38)50-22-10-14-26-54(50)58/h1-36H. The first-order chi connectivity index (χ1) is 28.8. The van der Waals surface area contributed by atoms with Crippen LogP contribution < -0.4 is 0 Å². The summed E-state index contributed by atoms with van der Waals surface area (Å²) < 4.78 is 0. The Labute approximate surface area is 336 Å². The van der Waals surface area contributed by atoms with E-state index >= 15 is 0 Å². The maximum atomic E-state index is 2.40. The van der Waals surface area contributed by atoms with Gasteiger partial charge in [0.15, 0.2) is 0 Å². The second-order valence-corrected chi connectivity index (χ2v) is 15.5. The molecule has 0 amide bonds. The Morgan fingerprint density at radius 2 is 0.414 bits per heavy atom. The maximum Gasteiger partial charge on any atom is -0.00262 e. The van der Waals surface area contributed by atoms with Gasteiger partial charge in [0, 0.05) is 0 Å². The van der Waals surface area contributed by atoms with Gasteiger partial charge in [-0.2, -0.15) is 0 Å². The average molecular weight is 733 g/mol. The Bertz CT molecular complexity index is 3240. The van der Waals surface area contributed by atoms with Crippen LogP contribution in [0.3, 0.4) is 0 Å². The second-order valence-electron chi connectivity index (χ2n) is 15.5. The zero-order valence-electron chi connectivity index (χ0n) is 31.8. The van der Waals surface area contributed by atoms with Crippen LogP contribution in [0.25, 0.3) is 120 Å². The Morgan fingerprint density at radius 1 is 0.155 bits per heavy atom. The van der Waals surface area contributed by atoms with Crippen LogP contribution in [0.2, 0.25) is 0 Å². The summed E-state index contributed by atoms with van der Waals surface area (Å²) in [6, 6.07) is 80.7. The SMILES string of the molecule is c1ccc(-c2c3ccccc3c(-c3ccc4c(ccc5c6ccc(-c7c8ccccc8c(-c8ccccc8)c8ccccc78)cc6ccc45)c3)c3ccccc23)cc1. The Morgan fingerprint density at radius 3 is 0.724 bits per heavy atom. The molecular formula is C58H36. The molecule has 0 unspecified atom stereocenters. The molecule has 0 heteroatoms. The Balaban J connectivity index is 1.02. The van der Waals surface area contributed by atoms with Gasteiger partial charge in [-0.15, -0.1) is 0 Å². The third kappa shape index (κ3) is 4.95. The molecule has 0 N–H and O–H groups in total. The van der Waals surface area contributed by atoms with E-state index in [0.29, 0.717) is 0 Å². The molecule has 268 valence electrons. The number of fused-ring (bicyclic) bond motifs is 9. The molecule has 0 aromatic heterocycles. The topological polar surface area (TPSA) is 0 Å². The molecule has 0 aliphatic carbocycles. The van der Waals surface area contributed by atoms with Crippen molar-refractivity contribution in [2.75, 3.05) is 0 Å². The van der Waals surface area contributed by atoms with E-state index in [1.807, 2.05) is 0 Å². The lowest BCUT2D eigenvalue weighted by Gasteiger charge is -2.18. The number of benzene rings is 12. The molecule has 0 bridgehead atoms.